The van der Waals surface area contributed by atoms with Crippen LogP contribution in [-0.2, 0) is 4.79 Å². The highest BCUT2D eigenvalue weighted by atomic mass is 35.5. The van der Waals surface area contributed by atoms with Crippen LogP contribution < -0.4 is 10.6 Å². The molecule has 1 atom stereocenters. The molecule has 0 aliphatic carbocycles. The number of fused-ring (bicyclic) bond motifs is 1. The van der Waals surface area contributed by atoms with Crippen LogP contribution in [0.2, 0.25) is 5.02 Å². The molecule has 28 heavy (non-hydrogen) atoms. The minimum Gasteiger partial charge on any atom is -0.328 e. The molecular weight excluding hydrogens is 374 g/mol. The van der Waals surface area contributed by atoms with Gasteiger partial charge in [-0.05, 0) is 50.1 Å². The summed E-state index contributed by atoms with van der Waals surface area (Å²) in [6, 6.07) is 13.0. The standard InChI is InChI=1S/C21H20ClN5O/c1-12-7-8-17(13(2)9-12)26-20(28)18-14(3)25-21-23-11-24-27(21)19(18)15-5-4-6-16(22)10-15/h4-11,19H,1-3H3,(H,26,28)(H,23,24,25)/t19-/m1/s1. The van der Waals surface area contributed by atoms with Crippen molar-refractivity contribution in [3.63, 3.8) is 0 Å². The molecular formula is C21H20ClN5O. The van der Waals surface area contributed by atoms with E-state index >= 15 is 0 Å². The molecule has 0 saturated heterocycles. The number of aromatic nitrogens is 3. The van der Waals surface area contributed by atoms with Gasteiger partial charge in [0.2, 0.25) is 5.95 Å². The minimum absolute atomic E-state index is 0.192. The summed E-state index contributed by atoms with van der Waals surface area (Å²) >= 11 is 6.22. The Morgan fingerprint density at radius 2 is 2.00 bits per heavy atom. The van der Waals surface area contributed by atoms with Crippen LogP contribution in [0.1, 0.15) is 29.7 Å². The number of rotatable bonds is 3. The maximum atomic E-state index is 13.3. The Morgan fingerprint density at radius 1 is 1.18 bits per heavy atom. The highest BCUT2D eigenvalue weighted by Gasteiger charge is 2.33. The molecule has 7 heteroatoms. The Labute approximate surface area is 168 Å². The highest BCUT2D eigenvalue weighted by Crippen LogP contribution is 2.36. The normalized spacial score (nSPS) is 15.8. The Balaban J connectivity index is 1.77. The van der Waals surface area contributed by atoms with Crippen molar-refractivity contribution >= 4 is 29.1 Å². The van der Waals surface area contributed by atoms with E-state index in [2.05, 4.69) is 20.7 Å². The number of nitrogens with zero attached hydrogens (tertiary/aromatic N) is 3. The number of hydrogen-bond acceptors (Lipinski definition) is 4. The number of carbonyl (C=O) groups is 1. The van der Waals surface area contributed by atoms with Crippen molar-refractivity contribution in [2.24, 2.45) is 0 Å². The van der Waals surface area contributed by atoms with Gasteiger partial charge in [0.15, 0.2) is 0 Å². The summed E-state index contributed by atoms with van der Waals surface area (Å²) in [6.07, 6.45) is 1.47. The van der Waals surface area contributed by atoms with Gasteiger partial charge in [0.1, 0.15) is 12.4 Å². The number of benzene rings is 2. The lowest BCUT2D eigenvalue weighted by molar-refractivity contribution is -0.113. The number of aryl methyl sites for hydroxylation is 2. The van der Waals surface area contributed by atoms with Gasteiger partial charge < -0.3 is 10.6 Å². The fourth-order valence-corrected chi connectivity index (χ4v) is 3.71. The predicted octanol–water partition coefficient (Wildman–Crippen LogP) is 4.48. The van der Waals surface area contributed by atoms with Crippen LogP contribution in [0, 0.1) is 13.8 Å². The third-order valence-electron chi connectivity index (χ3n) is 4.83. The van der Waals surface area contributed by atoms with Crippen molar-refractivity contribution in [3.05, 3.63) is 81.8 Å². The molecule has 0 saturated carbocycles. The molecule has 6 nitrogen and oxygen atoms in total. The molecule has 142 valence electrons. The second-order valence-corrected chi connectivity index (χ2v) is 7.36. The molecule has 2 N–H and O–H groups in total. The molecule has 0 radical (unpaired) electrons. The average molecular weight is 394 g/mol. The van der Waals surface area contributed by atoms with Crippen LogP contribution in [0.4, 0.5) is 11.6 Å². The maximum absolute atomic E-state index is 13.3. The van der Waals surface area contributed by atoms with Gasteiger partial charge in [-0.3, -0.25) is 4.79 Å². The summed E-state index contributed by atoms with van der Waals surface area (Å²) in [6.45, 7) is 5.87. The molecule has 1 aromatic heterocycles. The minimum atomic E-state index is -0.428. The van der Waals surface area contributed by atoms with E-state index in [4.69, 9.17) is 11.6 Å². The molecule has 0 unspecified atom stereocenters. The Bertz CT molecular complexity index is 1100. The summed E-state index contributed by atoms with van der Waals surface area (Å²) < 4.78 is 1.70. The third kappa shape index (κ3) is 3.27. The van der Waals surface area contributed by atoms with Crippen molar-refractivity contribution in [1.82, 2.24) is 14.8 Å². The number of anilines is 2. The fraction of sp³-hybridized carbons (Fsp3) is 0.190. The Hall–Kier alpha value is -3.12. The number of allylic oxidation sites excluding steroid dienone is 1. The van der Waals surface area contributed by atoms with Crippen molar-refractivity contribution in [2.45, 2.75) is 26.8 Å². The van der Waals surface area contributed by atoms with Gasteiger partial charge in [-0.25, -0.2) is 4.68 Å². The zero-order valence-electron chi connectivity index (χ0n) is 15.8. The van der Waals surface area contributed by atoms with E-state index < -0.39 is 6.04 Å². The second-order valence-electron chi connectivity index (χ2n) is 6.92. The van der Waals surface area contributed by atoms with Gasteiger partial charge >= 0.3 is 0 Å². The quantitative estimate of drug-likeness (QED) is 0.688. The predicted molar refractivity (Wildman–Crippen MR) is 110 cm³/mol. The number of carbonyl (C=O) groups excluding carboxylic acids is 1. The number of halogens is 1. The fourth-order valence-electron chi connectivity index (χ4n) is 3.51. The first-order valence-corrected chi connectivity index (χ1v) is 9.33. The van der Waals surface area contributed by atoms with Gasteiger partial charge in [0, 0.05) is 16.4 Å². The van der Waals surface area contributed by atoms with Gasteiger partial charge in [-0.1, -0.05) is 41.4 Å². The number of nitrogens with one attached hydrogen (secondary N) is 2. The van der Waals surface area contributed by atoms with Gasteiger partial charge in [-0.2, -0.15) is 10.1 Å². The van der Waals surface area contributed by atoms with Gasteiger partial charge in [0.05, 0.1) is 5.57 Å². The van der Waals surface area contributed by atoms with Crippen molar-refractivity contribution in [2.75, 3.05) is 10.6 Å². The second kappa shape index (κ2) is 7.13. The lowest BCUT2D eigenvalue weighted by Crippen LogP contribution is -2.31. The lowest BCUT2D eigenvalue weighted by Gasteiger charge is -2.29. The van der Waals surface area contributed by atoms with Crippen LogP contribution in [0.5, 0.6) is 0 Å². The van der Waals surface area contributed by atoms with Crippen LogP contribution in [0.25, 0.3) is 0 Å². The smallest absolute Gasteiger partial charge is 0.255 e. The first-order valence-electron chi connectivity index (χ1n) is 8.95. The first-order chi connectivity index (χ1) is 13.4. The van der Waals surface area contributed by atoms with Crippen LogP contribution in [-0.4, -0.2) is 20.7 Å². The van der Waals surface area contributed by atoms with Crippen LogP contribution in [0.15, 0.2) is 60.1 Å². The van der Waals surface area contributed by atoms with Crippen molar-refractivity contribution in [3.8, 4) is 0 Å². The Kier molecular flexibility index (Phi) is 4.65. The van der Waals surface area contributed by atoms with E-state index in [1.54, 1.807) is 10.7 Å². The number of hydrogen-bond donors (Lipinski definition) is 2. The largest absolute Gasteiger partial charge is 0.328 e. The maximum Gasteiger partial charge on any atom is 0.255 e. The molecule has 0 spiro atoms. The zero-order chi connectivity index (χ0) is 19.8. The Morgan fingerprint density at radius 3 is 2.75 bits per heavy atom. The summed E-state index contributed by atoms with van der Waals surface area (Å²) in [5.41, 5.74) is 5.11. The molecule has 1 aliphatic heterocycles. The summed E-state index contributed by atoms with van der Waals surface area (Å²) in [4.78, 5) is 17.6. The molecule has 1 aliphatic rings. The highest BCUT2D eigenvalue weighted by molar-refractivity contribution is 6.30. The van der Waals surface area contributed by atoms with Crippen molar-refractivity contribution < 1.29 is 4.79 Å². The molecule has 3 aromatic rings. The molecule has 0 fully saturated rings. The van der Waals surface area contributed by atoms with E-state index in [1.807, 2.05) is 57.2 Å². The average Bonchev–Trinajstić information content (AvgIpc) is 3.10. The SMILES string of the molecule is CC1=C(C(=O)Nc2ccc(C)cc2C)[C@@H](c2cccc(Cl)c2)n2ncnc2N1. The monoisotopic (exact) mass is 393 g/mol. The van der Waals surface area contributed by atoms with E-state index in [1.165, 1.54) is 6.33 Å². The molecule has 0 bridgehead atoms. The molecule has 1 amide bonds. The van der Waals surface area contributed by atoms with E-state index in [0.29, 0.717) is 16.5 Å². The van der Waals surface area contributed by atoms with Gasteiger partial charge in [-0.15, -0.1) is 0 Å². The van der Waals surface area contributed by atoms with Crippen molar-refractivity contribution in [1.29, 1.82) is 0 Å². The summed E-state index contributed by atoms with van der Waals surface area (Å²) in [5, 5.41) is 11.1. The summed E-state index contributed by atoms with van der Waals surface area (Å²) in [5.74, 6) is 0.397. The van der Waals surface area contributed by atoms with Gasteiger partial charge in [0.25, 0.3) is 5.91 Å². The zero-order valence-corrected chi connectivity index (χ0v) is 16.6. The van der Waals surface area contributed by atoms with E-state index in [9.17, 15) is 4.79 Å². The lowest BCUT2D eigenvalue weighted by atomic mass is 9.95. The number of amides is 1. The van der Waals surface area contributed by atoms with E-state index in [-0.39, 0.29) is 5.91 Å². The van der Waals surface area contributed by atoms with Crippen LogP contribution >= 0.6 is 11.6 Å². The molecule has 4 rings (SSSR count). The first kappa shape index (κ1) is 18.3. The molecule has 2 heterocycles. The van der Waals surface area contributed by atoms with E-state index in [0.717, 1.165) is 28.1 Å². The molecule has 2 aromatic carbocycles. The topological polar surface area (TPSA) is 71.8 Å². The third-order valence-corrected chi connectivity index (χ3v) is 5.07. The van der Waals surface area contributed by atoms with Crippen LogP contribution in [0.3, 0.4) is 0 Å². The summed E-state index contributed by atoms with van der Waals surface area (Å²) in [7, 11) is 0.